The number of carbonyl (C=O) groups is 1. The molecule has 1 aromatic carbocycles. The van der Waals surface area contributed by atoms with Crippen LogP contribution in [0.25, 0.3) is 0 Å². The summed E-state index contributed by atoms with van der Waals surface area (Å²) in [7, 11) is 1.41. The first kappa shape index (κ1) is 17.5. The Balaban J connectivity index is 3.03. The van der Waals surface area contributed by atoms with Gasteiger partial charge in [0, 0.05) is 17.9 Å². The zero-order valence-electron chi connectivity index (χ0n) is 13.7. The van der Waals surface area contributed by atoms with Crippen LogP contribution in [0, 0.1) is 0 Å². The Morgan fingerprint density at radius 2 is 2.00 bits per heavy atom. The second kappa shape index (κ2) is 7.46. The summed E-state index contributed by atoms with van der Waals surface area (Å²) in [5.74, 6) is -0.0665. The van der Waals surface area contributed by atoms with E-state index in [1.165, 1.54) is 7.11 Å². The van der Waals surface area contributed by atoms with Crippen LogP contribution in [-0.4, -0.2) is 19.7 Å². The smallest absolute Gasteiger partial charge is 0.306 e. The normalized spacial score (nSPS) is 13.0. The molecule has 0 radical (unpaired) electrons. The standard InChI is InChI=1S/C17H27NO3/c1-6-12(11-16(19)20-5)13-8-9-14(15(18)10-13)17(3,4)21-7-2/h8-10,12H,6-7,11,18H2,1-5H3. The third kappa shape index (κ3) is 4.46. The van der Waals surface area contributed by atoms with Crippen LogP contribution in [0.1, 0.15) is 57.6 Å². The Labute approximate surface area is 127 Å². The van der Waals surface area contributed by atoms with Gasteiger partial charge in [-0.15, -0.1) is 0 Å². The SMILES string of the molecule is CCOC(C)(C)c1ccc(C(CC)CC(=O)OC)cc1N. The maximum atomic E-state index is 11.5. The summed E-state index contributed by atoms with van der Waals surface area (Å²) in [6, 6.07) is 5.98. The van der Waals surface area contributed by atoms with Gasteiger partial charge in [-0.1, -0.05) is 19.1 Å². The highest BCUT2D eigenvalue weighted by Crippen LogP contribution is 2.33. The molecule has 1 unspecified atom stereocenters. The first-order valence-electron chi connectivity index (χ1n) is 7.46. The van der Waals surface area contributed by atoms with E-state index in [2.05, 4.69) is 6.92 Å². The minimum absolute atomic E-state index is 0.129. The quantitative estimate of drug-likeness (QED) is 0.616. The molecule has 1 aromatic rings. The van der Waals surface area contributed by atoms with E-state index < -0.39 is 5.60 Å². The van der Waals surface area contributed by atoms with Gasteiger partial charge in [0.2, 0.25) is 0 Å². The van der Waals surface area contributed by atoms with Gasteiger partial charge in [0.1, 0.15) is 0 Å². The first-order chi connectivity index (χ1) is 9.85. The van der Waals surface area contributed by atoms with Crippen LogP contribution < -0.4 is 5.73 Å². The van der Waals surface area contributed by atoms with Gasteiger partial charge in [0.25, 0.3) is 0 Å². The Hall–Kier alpha value is -1.55. The van der Waals surface area contributed by atoms with Crippen molar-refractivity contribution in [2.45, 2.75) is 52.1 Å². The van der Waals surface area contributed by atoms with Crippen LogP contribution in [0.3, 0.4) is 0 Å². The molecule has 0 amide bonds. The fraction of sp³-hybridized carbons (Fsp3) is 0.588. The van der Waals surface area contributed by atoms with Crippen molar-refractivity contribution in [1.82, 2.24) is 0 Å². The number of methoxy groups -OCH3 is 1. The lowest BCUT2D eigenvalue weighted by Gasteiger charge is -2.27. The van der Waals surface area contributed by atoms with Gasteiger partial charge in [0.15, 0.2) is 0 Å². The fourth-order valence-electron chi connectivity index (χ4n) is 2.60. The summed E-state index contributed by atoms with van der Waals surface area (Å²) in [6.45, 7) is 8.67. The molecule has 0 heterocycles. The Morgan fingerprint density at radius 3 is 2.48 bits per heavy atom. The predicted octanol–water partition coefficient (Wildman–Crippen LogP) is 3.60. The molecule has 1 atom stereocenters. The largest absolute Gasteiger partial charge is 0.469 e. The van der Waals surface area contributed by atoms with Crippen LogP contribution in [0.4, 0.5) is 5.69 Å². The summed E-state index contributed by atoms with van der Waals surface area (Å²) in [5, 5.41) is 0. The average molecular weight is 293 g/mol. The molecule has 0 bridgehead atoms. The molecule has 4 nitrogen and oxygen atoms in total. The van der Waals surface area contributed by atoms with Crippen LogP contribution in [0.15, 0.2) is 18.2 Å². The summed E-state index contributed by atoms with van der Waals surface area (Å²) >= 11 is 0. The van der Waals surface area contributed by atoms with Crippen molar-refractivity contribution < 1.29 is 14.3 Å². The van der Waals surface area contributed by atoms with E-state index in [1.807, 2.05) is 39.0 Å². The van der Waals surface area contributed by atoms with E-state index in [-0.39, 0.29) is 11.9 Å². The van der Waals surface area contributed by atoms with Gasteiger partial charge in [-0.25, -0.2) is 0 Å². The van der Waals surface area contributed by atoms with Crippen molar-refractivity contribution >= 4 is 11.7 Å². The second-order valence-electron chi connectivity index (χ2n) is 5.68. The van der Waals surface area contributed by atoms with Crippen molar-refractivity contribution in [1.29, 1.82) is 0 Å². The van der Waals surface area contributed by atoms with E-state index in [1.54, 1.807) is 0 Å². The number of nitrogen functional groups attached to an aromatic ring is 1. The zero-order valence-corrected chi connectivity index (χ0v) is 13.7. The molecule has 0 aliphatic rings. The maximum Gasteiger partial charge on any atom is 0.306 e. The summed E-state index contributed by atoms with van der Waals surface area (Å²) in [6.07, 6.45) is 1.24. The monoisotopic (exact) mass is 293 g/mol. The molecule has 2 N–H and O–H groups in total. The Bertz CT molecular complexity index is 483. The maximum absolute atomic E-state index is 11.5. The van der Waals surface area contributed by atoms with Gasteiger partial charge in [-0.05, 0) is 44.7 Å². The van der Waals surface area contributed by atoms with E-state index in [0.29, 0.717) is 18.7 Å². The molecule has 0 saturated heterocycles. The molecule has 0 aromatic heterocycles. The topological polar surface area (TPSA) is 61.5 Å². The van der Waals surface area contributed by atoms with E-state index in [0.717, 1.165) is 17.5 Å². The Morgan fingerprint density at radius 1 is 1.33 bits per heavy atom. The van der Waals surface area contributed by atoms with Gasteiger partial charge in [-0.2, -0.15) is 0 Å². The van der Waals surface area contributed by atoms with Crippen molar-refractivity contribution in [3.63, 3.8) is 0 Å². The lowest BCUT2D eigenvalue weighted by Crippen LogP contribution is -2.23. The molecular weight excluding hydrogens is 266 g/mol. The van der Waals surface area contributed by atoms with Crippen molar-refractivity contribution in [3.05, 3.63) is 29.3 Å². The van der Waals surface area contributed by atoms with Crippen LogP contribution in [0.2, 0.25) is 0 Å². The first-order valence-corrected chi connectivity index (χ1v) is 7.46. The number of anilines is 1. The van der Waals surface area contributed by atoms with Crippen LogP contribution in [0.5, 0.6) is 0 Å². The van der Waals surface area contributed by atoms with Gasteiger partial charge < -0.3 is 15.2 Å². The molecular formula is C17H27NO3. The number of ether oxygens (including phenoxy) is 2. The molecule has 0 aliphatic carbocycles. The minimum Gasteiger partial charge on any atom is -0.469 e. The van der Waals surface area contributed by atoms with Gasteiger partial charge >= 0.3 is 5.97 Å². The zero-order chi connectivity index (χ0) is 16.0. The highest BCUT2D eigenvalue weighted by molar-refractivity contribution is 5.70. The van der Waals surface area contributed by atoms with Crippen molar-refractivity contribution in [2.75, 3.05) is 19.5 Å². The molecule has 4 heteroatoms. The van der Waals surface area contributed by atoms with Crippen LogP contribution >= 0.6 is 0 Å². The second-order valence-corrected chi connectivity index (χ2v) is 5.68. The molecule has 0 saturated carbocycles. The van der Waals surface area contributed by atoms with Crippen molar-refractivity contribution in [2.24, 2.45) is 0 Å². The van der Waals surface area contributed by atoms with Crippen molar-refractivity contribution in [3.8, 4) is 0 Å². The number of carbonyl (C=O) groups excluding carboxylic acids is 1. The molecule has 0 aliphatic heterocycles. The summed E-state index contributed by atoms with van der Waals surface area (Å²) in [5.41, 5.74) is 8.52. The van der Waals surface area contributed by atoms with Gasteiger partial charge in [0.05, 0.1) is 19.1 Å². The van der Waals surface area contributed by atoms with E-state index >= 15 is 0 Å². The highest BCUT2D eigenvalue weighted by Gasteiger charge is 2.24. The lowest BCUT2D eigenvalue weighted by atomic mass is 9.88. The molecule has 1 rings (SSSR count). The van der Waals surface area contributed by atoms with E-state index in [9.17, 15) is 4.79 Å². The number of rotatable bonds is 7. The van der Waals surface area contributed by atoms with Crippen LogP contribution in [-0.2, 0) is 19.9 Å². The Kier molecular flexibility index (Phi) is 6.21. The number of hydrogen-bond acceptors (Lipinski definition) is 4. The molecule has 0 fully saturated rings. The average Bonchev–Trinajstić information content (AvgIpc) is 2.43. The number of hydrogen-bond donors (Lipinski definition) is 1. The molecule has 0 spiro atoms. The third-order valence-electron chi connectivity index (χ3n) is 3.83. The summed E-state index contributed by atoms with van der Waals surface area (Å²) in [4.78, 5) is 11.5. The molecule has 118 valence electrons. The lowest BCUT2D eigenvalue weighted by molar-refractivity contribution is -0.141. The highest BCUT2D eigenvalue weighted by atomic mass is 16.5. The summed E-state index contributed by atoms with van der Waals surface area (Å²) < 4.78 is 10.5. The van der Waals surface area contributed by atoms with E-state index in [4.69, 9.17) is 15.2 Å². The minimum atomic E-state index is -0.415. The number of nitrogens with two attached hydrogens (primary N) is 1. The molecule has 21 heavy (non-hydrogen) atoms. The number of benzene rings is 1. The number of esters is 1. The third-order valence-corrected chi connectivity index (χ3v) is 3.83. The fourth-order valence-corrected chi connectivity index (χ4v) is 2.60. The predicted molar refractivity (Wildman–Crippen MR) is 85.2 cm³/mol. The van der Waals surface area contributed by atoms with Gasteiger partial charge in [-0.3, -0.25) is 4.79 Å².